The minimum atomic E-state index is -2.08. The molecule has 1 heterocycles. The predicted octanol–water partition coefficient (Wildman–Crippen LogP) is 4.28. The Labute approximate surface area is 181 Å². The van der Waals surface area contributed by atoms with Gasteiger partial charge in [0.25, 0.3) is 0 Å². The van der Waals surface area contributed by atoms with E-state index in [4.69, 9.17) is 5.73 Å². The van der Waals surface area contributed by atoms with Crippen LogP contribution in [0.2, 0.25) is 0 Å². The summed E-state index contributed by atoms with van der Waals surface area (Å²) in [5.41, 5.74) is 9.29. The third kappa shape index (κ3) is 4.66. The van der Waals surface area contributed by atoms with Crippen LogP contribution in [0.25, 0.3) is 11.3 Å². The second-order valence-electron chi connectivity index (χ2n) is 6.66. The largest absolute Gasteiger partial charge is 0.398 e. The van der Waals surface area contributed by atoms with E-state index >= 15 is 0 Å². The van der Waals surface area contributed by atoms with Gasteiger partial charge < -0.3 is 15.6 Å². The molecule has 0 aliphatic rings. The SMILES string of the molecule is Nc1ccc(-c2ccnc(Nc3cccc(S(=O)O)c3)n2)cc1C(=O)c1ccccc1. The molecule has 0 fully saturated rings. The quantitative estimate of drug-likeness (QED) is 0.237. The lowest BCUT2D eigenvalue weighted by atomic mass is 9.98. The van der Waals surface area contributed by atoms with Gasteiger partial charge in [-0.05, 0) is 36.4 Å². The molecule has 3 aromatic carbocycles. The highest BCUT2D eigenvalue weighted by Gasteiger charge is 2.14. The maximum Gasteiger partial charge on any atom is 0.227 e. The Morgan fingerprint density at radius 2 is 1.77 bits per heavy atom. The Hall–Kier alpha value is -3.88. The number of anilines is 3. The molecule has 154 valence electrons. The van der Waals surface area contributed by atoms with E-state index in [0.29, 0.717) is 39.7 Å². The molecule has 4 N–H and O–H groups in total. The molecule has 0 aliphatic heterocycles. The van der Waals surface area contributed by atoms with Gasteiger partial charge in [0.1, 0.15) is 0 Å². The summed E-state index contributed by atoms with van der Waals surface area (Å²) in [4.78, 5) is 21.9. The molecule has 1 atom stereocenters. The predicted molar refractivity (Wildman–Crippen MR) is 121 cm³/mol. The zero-order valence-corrected chi connectivity index (χ0v) is 17.0. The van der Waals surface area contributed by atoms with Crippen molar-refractivity contribution in [2.45, 2.75) is 4.90 Å². The molecular formula is C23H18N4O3S. The topological polar surface area (TPSA) is 118 Å². The van der Waals surface area contributed by atoms with Crippen molar-refractivity contribution in [3.05, 3.63) is 96.2 Å². The molecule has 8 heteroatoms. The molecule has 1 aromatic heterocycles. The summed E-state index contributed by atoms with van der Waals surface area (Å²) in [5, 5.41) is 3.02. The fraction of sp³-hybridized carbons (Fsp3) is 0. The lowest BCUT2D eigenvalue weighted by Crippen LogP contribution is -2.06. The molecule has 4 rings (SSSR count). The second-order valence-corrected chi connectivity index (χ2v) is 7.63. The monoisotopic (exact) mass is 430 g/mol. The Bertz CT molecular complexity index is 1280. The maximum atomic E-state index is 12.9. The number of carbonyl (C=O) groups excluding carboxylic acids is 1. The molecule has 0 saturated carbocycles. The first-order chi connectivity index (χ1) is 15.0. The van der Waals surface area contributed by atoms with E-state index < -0.39 is 11.1 Å². The van der Waals surface area contributed by atoms with Crippen LogP contribution in [-0.2, 0) is 11.1 Å². The van der Waals surface area contributed by atoms with Crippen molar-refractivity contribution < 1.29 is 13.6 Å². The smallest absolute Gasteiger partial charge is 0.227 e. The minimum Gasteiger partial charge on any atom is -0.398 e. The number of rotatable bonds is 6. The van der Waals surface area contributed by atoms with Gasteiger partial charge >= 0.3 is 0 Å². The summed E-state index contributed by atoms with van der Waals surface area (Å²) < 4.78 is 20.5. The van der Waals surface area contributed by atoms with Crippen LogP contribution >= 0.6 is 0 Å². The molecule has 0 aliphatic carbocycles. The number of nitrogen functional groups attached to an aromatic ring is 1. The number of nitrogens with two attached hydrogens (primary N) is 1. The Balaban J connectivity index is 1.64. The Kier molecular flexibility index (Phi) is 5.83. The van der Waals surface area contributed by atoms with E-state index in [1.54, 1.807) is 79.0 Å². The summed E-state index contributed by atoms with van der Waals surface area (Å²) in [7, 11) is 0. The van der Waals surface area contributed by atoms with Crippen LogP contribution in [-0.4, -0.2) is 24.5 Å². The van der Waals surface area contributed by atoms with E-state index in [-0.39, 0.29) is 10.7 Å². The van der Waals surface area contributed by atoms with Crippen molar-refractivity contribution in [2.75, 3.05) is 11.1 Å². The van der Waals surface area contributed by atoms with Crippen LogP contribution in [0.4, 0.5) is 17.3 Å². The van der Waals surface area contributed by atoms with E-state index in [0.717, 1.165) is 0 Å². The summed E-state index contributed by atoms with van der Waals surface area (Å²) in [6.07, 6.45) is 1.59. The molecule has 0 amide bonds. The van der Waals surface area contributed by atoms with Gasteiger partial charge in [-0.25, -0.2) is 14.2 Å². The summed E-state index contributed by atoms with van der Waals surface area (Å²) in [5.74, 6) is 0.146. The third-order valence-electron chi connectivity index (χ3n) is 4.58. The number of carbonyl (C=O) groups is 1. The third-order valence-corrected chi connectivity index (χ3v) is 5.23. The fourth-order valence-electron chi connectivity index (χ4n) is 3.05. The number of aromatic nitrogens is 2. The molecule has 31 heavy (non-hydrogen) atoms. The van der Waals surface area contributed by atoms with Gasteiger partial charge in [0.15, 0.2) is 16.9 Å². The van der Waals surface area contributed by atoms with E-state index in [2.05, 4.69) is 15.3 Å². The number of hydrogen-bond donors (Lipinski definition) is 3. The number of nitrogens with one attached hydrogen (secondary N) is 1. The number of nitrogens with zero attached hydrogens (tertiary/aromatic N) is 2. The van der Waals surface area contributed by atoms with E-state index in [1.807, 2.05) is 6.07 Å². The average Bonchev–Trinajstić information content (AvgIpc) is 2.80. The summed E-state index contributed by atoms with van der Waals surface area (Å²) in [6.45, 7) is 0. The van der Waals surface area contributed by atoms with Crippen LogP contribution in [0.15, 0.2) is 90.0 Å². The van der Waals surface area contributed by atoms with Crippen molar-refractivity contribution >= 4 is 34.2 Å². The average molecular weight is 430 g/mol. The van der Waals surface area contributed by atoms with Gasteiger partial charge in [-0.1, -0.05) is 42.5 Å². The van der Waals surface area contributed by atoms with Crippen LogP contribution in [0.5, 0.6) is 0 Å². The number of benzene rings is 3. The van der Waals surface area contributed by atoms with Crippen molar-refractivity contribution in [1.29, 1.82) is 0 Å². The normalized spacial score (nSPS) is 11.6. The highest BCUT2D eigenvalue weighted by Crippen LogP contribution is 2.26. The summed E-state index contributed by atoms with van der Waals surface area (Å²) >= 11 is -2.08. The second kappa shape index (κ2) is 8.86. The standard InChI is InChI=1S/C23H18N4O3S/c24-20-10-9-16(13-19(20)22(28)15-5-2-1-3-6-15)21-11-12-25-23(27-21)26-17-7-4-8-18(14-17)31(29)30/h1-14H,24H2,(H,29,30)(H,25,26,27). The molecular weight excluding hydrogens is 412 g/mol. The van der Waals surface area contributed by atoms with Gasteiger partial charge in [0.05, 0.1) is 10.6 Å². The number of hydrogen-bond acceptors (Lipinski definition) is 6. The van der Waals surface area contributed by atoms with Gasteiger partial charge in [0.2, 0.25) is 5.95 Å². The first-order valence-corrected chi connectivity index (χ1v) is 10.4. The molecule has 0 saturated heterocycles. The first kappa shape index (κ1) is 20.4. The van der Waals surface area contributed by atoms with Gasteiger partial charge in [-0.2, -0.15) is 0 Å². The molecule has 0 spiro atoms. The highest BCUT2D eigenvalue weighted by molar-refractivity contribution is 7.79. The summed E-state index contributed by atoms with van der Waals surface area (Å²) in [6, 6.07) is 22.4. The lowest BCUT2D eigenvalue weighted by molar-refractivity contribution is 0.103. The van der Waals surface area contributed by atoms with Crippen molar-refractivity contribution in [3.8, 4) is 11.3 Å². The van der Waals surface area contributed by atoms with Crippen molar-refractivity contribution in [3.63, 3.8) is 0 Å². The van der Waals surface area contributed by atoms with Crippen LogP contribution in [0.3, 0.4) is 0 Å². The Morgan fingerprint density at radius 3 is 2.55 bits per heavy atom. The first-order valence-electron chi connectivity index (χ1n) is 9.32. The van der Waals surface area contributed by atoms with Crippen LogP contribution in [0.1, 0.15) is 15.9 Å². The van der Waals surface area contributed by atoms with Gasteiger partial charge in [-0.3, -0.25) is 4.79 Å². The fourth-order valence-corrected chi connectivity index (χ4v) is 3.47. The van der Waals surface area contributed by atoms with E-state index in [9.17, 15) is 13.6 Å². The maximum absolute atomic E-state index is 12.9. The van der Waals surface area contributed by atoms with E-state index in [1.165, 1.54) is 0 Å². The zero-order chi connectivity index (χ0) is 21.8. The molecule has 0 radical (unpaired) electrons. The van der Waals surface area contributed by atoms with Crippen LogP contribution < -0.4 is 11.1 Å². The zero-order valence-electron chi connectivity index (χ0n) is 16.2. The highest BCUT2D eigenvalue weighted by atomic mass is 32.2. The molecule has 7 nitrogen and oxygen atoms in total. The van der Waals surface area contributed by atoms with Gasteiger partial charge in [0, 0.05) is 34.3 Å². The lowest BCUT2D eigenvalue weighted by Gasteiger charge is -2.10. The Morgan fingerprint density at radius 1 is 0.968 bits per heavy atom. The molecule has 1 unspecified atom stereocenters. The minimum absolute atomic E-state index is 0.166. The van der Waals surface area contributed by atoms with Crippen molar-refractivity contribution in [2.24, 2.45) is 0 Å². The molecule has 4 aromatic rings. The van der Waals surface area contributed by atoms with Gasteiger partial charge in [-0.15, -0.1) is 0 Å². The number of ketones is 1. The van der Waals surface area contributed by atoms with Crippen molar-refractivity contribution in [1.82, 2.24) is 9.97 Å². The molecule has 0 bridgehead atoms. The van der Waals surface area contributed by atoms with Crippen LogP contribution in [0, 0.1) is 0 Å².